The summed E-state index contributed by atoms with van der Waals surface area (Å²) in [6, 6.07) is 4.98. The number of nitro benzene ring substituents is 1. The molecule has 1 aromatic rings. The van der Waals surface area contributed by atoms with Crippen molar-refractivity contribution >= 4 is 53.3 Å². The number of carbonyl (C=O) groups excluding carboxylic acids is 2. The molecule has 0 spiro atoms. The van der Waals surface area contributed by atoms with Crippen LogP contribution in [0.4, 0.5) is 5.69 Å². The van der Waals surface area contributed by atoms with Gasteiger partial charge in [-0.05, 0) is 17.7 Å². The van der Waals surface area contributed by atoms with Crippen molar-refractivity contribution in [1.29, 1.82) is 0 Å². The molecule has 0 aliphatic carbocycles. The third-order valence-corrected chi connectivity index (χ3v) is 5.45. The first-order chi connectivity index (χ1) is 11.4. The van der Waals surface area contributed by atoms with E-state index in [0.29, 0.717) is 11.3 Å². The lowest BCUT2D eigenvalue weighted by Gasteiger charge is -2.47. The van der Waals surface area contributed by atoms with Gasteiger partial charge in [-0.2, -0.15) is 0 Å². The molecular formula is C14H13Cl2N3O5S. The van der Waals surface area contributed by atoms with Gasteiger partial charge in [0, 0.05) is 17.9 Å². The van der Waals surface area contributed by atoms with Gasteiger partial charge in [-0.1, -0.05) is 11.6 Å². The van der Waals surface area contributed by atoms with Crippen LogP contribution in [0.3, 0.4) is 0 Å². The van der Waals surface area contributed by atoms with Gasteiger partial charge in [0.05, 0.1) is 9.96 Å². The Kier molecular flexibility index (Phi) is 5.94. The molecule has 1 saturated heterocycles. The van der Waals surface area contributed by atoms with E-state index in [0.717, 1.165) is 0 Å². The second-order valence-electron chi connectivity index (χ2n) is 5.19. The number of fused-ring (bicyclic) bond motifs is 1. The maximum atomic E-state index is 12.3. The summed E-state index contributed by atoms with van der Waals surface area (Å²) in [6.07, 6.45) is 0. The lowest BCUT2D eigenvalue weighted by molar-refractivity contribution is -0.384. The number of halogens is 2. The quantitative estimate of drug-likeness (QED) is 0.351. The van der Waals surface area contributed by atoms with Crippen molar-refractivity contribution in [2.45, 2.75) is 18.0 Å². The monoisotopic (exact) mass is 405 g/mol. The normalized spacial score (nSPS) is 21.8. The van der Waals surface area contributed by atoms with Crippen molar-refractivity contribution in [3.05, 3.63) is 50.7 Å². The number of ether oxygens (including phenoxy) is 1. The van der Waals surface area contributed by atoms with E-state index >= 15 is 0 Å². The first-order valence-corrected chi connectivity index (χ1v) is 8.32. The number of thioether (sulfide) groups is 1. The van der Waals surface area contributed by atoms with E-state index in [4.69, 9.17) is 22.1 Å². The topological polar surface area (TPSA) is 116 Å². The predicted molar refractivity (Wildman–Crippen MR) is 94.1 cm³/mol. The Balaban J connectivity index is 0.00000225. The minimum Gasteiger partial charge on any atom is -0.456 e. The Morgan fingerprint density at radius 1 is 1.44 bits per heavy atom. The largest absolute Gasteiger partial charge is 0.456 e. The van der Waals surface area contributed by atoms with Crippen LogP contribution in [0, 0.1) is 10.1 Å². The van der Waals surface area contributed by atoms with Crippen molar-refractivity contribution in [2.75, 3.05) is 5.75 Å². The van der Waals surface area contributed by atoms with Crippen LogP contribution in [-0.4, -0.2) is 38.9 Å². The number of nitrogens with two attached hydrogens (primary N) is 1. The van der Waals surface area contributed by atoms with Gasteiger partial charge in [-0.3, -0.25) is 19.8 Å². The van der Waals surface area contributed by atoms with E-state index in [1.54, 1.807) is 0 Å². The highest BCUT2D eigenvalue weighted by Crippen LogP contribution is 2.40. The summed E-state index contributed by atoms with van der Waals surface area (Å²) in [7, 11) is 0. The minimum atomic E-state index is -0.719. The van der Waals surface area contributed by atoms with E-state index in [1.165, 1.54) is 40.9 Å². The van der Waals surface area contributed by atoms with Gasteiger partial charge in [0.15, 0.2) is 0 Å². The summed E-state index contributed by atoms with van der Waals surface area (Å²) in [5.41, 5.74) is 6.26. The van der Waals surface area contributed by atoms with Crippen molar-refractivity contribution in [1.82, 2.24) is 4.90 Å². The Labute approximate surface area is 157 Å². The molecule has 0 radical (unpaired) electrons. The zero-order chi connectivity index (χ0) is 17.4. The van der Waals surface area contributed by atoms with Crippen LogP contribution in [-0.2, 0) is 20.9 Å². The molecule has 2 N–H and O–H groups in total. The van der Waals surface area contributed by atoms with E-state index in [2.05, 4.69) is 0 Å². The van der Waals surface area contributed by atoms with E-state index < -0.39 is 16.9 Å². The molecule has 11 heteroatoms. The number of carbonyl (C=O) groups is 2. The Bertz CT molecular complexity index is 755. The number of esters is 1. The summed E-state index contributed by atoms with van der Waals surface area (Å²) < 4.78 is 5.18. The first-order valence-electron chi connectivity index (χ1n) is 6.89. The molecule has 2 aliphatic heterocycles. The van der Waals surface area contributed by atoms with Gasteiger partial charge in [0.25, 0.3) is 5.69 Å². The first kappa shape index (κ1) is 19.5. The molecule has 8 nitrogen and oxygen atoms in total. The van der Waals surface area contributed by atoms with E-state index in [9.17, 15) is 19.7 Å². The van der Waals surface area contributed by atoms with Crippen LogP contribution in [0.5, 0.6) is 0 Å². The summed E-state index contributed by atoms with van der Waals surface area (Å²) in [5.74, 6) is -0.706. The highest BCUT2D eigenvalue weighted by atomic mass is 35.5. The van der Waals surface area contributed by atoms with Gasteiger partial charge in [-0.15, -0.1) is 24.2 Å². The molecule has 0 bridgehead atoms. The molecule has 134 valence electrons. The third kappa shape index (κ3) is 3.59. The van der Waals surface area contributed by atoms with Crippen LogP contribution < -0.4 is 5.73 Å². The highest BCUT2D eigenvalue weighted by Gasteiger charge is 2.52. The van der Waals surface area contributed by atoms with Crippen molar-refractivity contribution in [3.63, 3.8) is 0 Å². The summed E-state index contributed by atoms with van der Waals surface area (Å²) in [6.45, 7) is -0.0869. The fraction of sp³-hybridized carbons (Fsp3) is 0.286. The van der Waals surface area contributed by atoms with Gasteiger partial charge in [0.1, 0.15) is 23.7 Å². The number of amides is 1. The zero-order valence-electron chi connectivity index (χ0n) is 12.6. The van der Waals surface area contributed by atoms with Crippen LogP contribution >= 0.6 is 35.8 Å². The average molecular weight is 406 g/mol. The molecule has 1 amide bonds. The van der Waals surface area contributed by atoms with Gasteiger partial charge in [0.2, 0.25) is 5.91 Å². The van der Waals surface area contributed by atoms with Crippen molar-refractivity contribution < 1.29 is 19.2 Å². The molecule has 0 aromatic heterocycles. The number of benzene rings is 1. The standard InChI is InChI=1S/C14H12ClN3O5S.ClH/c15-9-6-24-13-10(16)12(19)17(13)11(9)14(20)23-5-7-1-3-8(4-2-7)18(21)22;/h1-4,10,13H,5-6,16H2;1H/t10?,13-;/m0./s1. The lowest BCUT2D eigenvalue weighted by Crippen LogP contribution is -2.68. The molecule has 2 aliphatic rings. The molecule has 2 atom stereocenters. The Morgan fingerprint density at radius 2 is 2.08 bits per heavy atom. The Hall–Kier alpha value is -1.81. The fourth-order valence-corrected chi connectivity index (χ4v) is 3.89. The average Bonchev–Trinajstić information content (AvgIpc) is 2.59. The van der Waals surface area contributed by atoms with E-state index in [-0.39, 0.29) is 46.7 Å². The van der Waals surface area contributed by atoms with Gasteiger partial charge >= 0.3 is 5.97 Å². The summed E-state index contributed by atoms with van der Waals surface area (Å²) in [4.78, 5) is 35.5. The van der Waals surface area contributed by atoms with Crippen molar-refractivity contribution in [2.24, 2.45) is 5.73 Å². The molecule has 1 fully saturated rings. The number of nitrogens with zero attached hydrogens (tertiary/aromatic N) is 2. The van der Waals surface area contributed by atoms with Gasteiger partial charge in [-0.25, -0.2) is 4.79 Å². The van der Waals surface area contributed by atoms with Crippen LogP contribution in [0.15, 0.2) is 35.0 Å². The smallest absolute Gasteiger partial charge is 0.356 e. The molecule has 2 heterocycles. The Morgan fingerprint density at radius 3 is 2.68 bits per heavy atom. The number of β-lactam (4-membered cyclic amide) rings is 1. The minimum absolute atomic E-state index is 0. The summed E-state index contributed by atoms with van der Waals surface area (Å²) in [5, 5.41) is 10.5. The van der Waals surface area contributed by atoms with E-state index in [1.807, 2.05) is 0 Å². The van der Waals surface area contributed by atoms with Crippen LogP contribution in [0.2, 0.25) is 0 Å². The molecule has 1 unspecified atom stereocenters. The number of non-ortho nitro benzene ring substituents is 1. The van der Waals surface area contributed by atoms with Crippen LogP contribution in [0.1, 0.15) is 5.56 Å². The maximum Gasteiger partial charge on any atom is 0.356 e. The number of hydrogen-bond acceptors (Lipinski definition) is 7. The number of rotatable bonds is 4. The van der Waals surface area contributed by atoms with Crippen LogP contribution in [0.25, 0.3) is 0 Å². The SMILES string of the molecule is Cl.NC1C(=O)N2C(C(=O)OCc3ccc([N+](=O)[O-])cc3)=C(Cl)CS[C@@H]12. The molecule has 25 heavy (non-hydrogen) atoms. The third-order valence-electron chi connectivity index (χ3n) is 3.67. The second kappa shape index (κ2) is 7.61. The fourth-order valence-electron chi connectivity index (χ4n) is 2.40. The molecule has 0 saturated carbocycles. The molecule has 1 aromatic carbocycles. The maximum absolute atomic E-state index is 12.3. The summed E-state index contributed by atoms with van der Waals surface area (Å²) >= 11 is 7.46. The number of nitro groups is 1. The number of hydrogen-bond donors (Lipinski definition) is 1. The lowest BCUT2D eigenvalue weighted by atomic mass is 10.1. The van der Waals surface area contributed by atoms with Crippen molar-refractivity contribution in [3.8, 4) is 0 Å². The van der Waals surface area contributed by atoms with Gasteiger partial charge < -0.3 is 10.5 Å². The predicted octanol–water partition coefficient (Wildman–Crippen LogP) is 1.75. The molecule has 3 rings (SSSR count). The molecular weight excluding hydrogens is 393 g/mol. The highest BCUT2D eigenvalue weighted by molar-refractivity contribution is 8.00. The zero-order valence-corrected chi connectivity index (χ0v) is 15.0. The second-order valence-corrected chi connectivity index (χ2v) is 6.75.